The monoisotopic (exact) mass is 296 g/mol. The first-order chi connectivity index (χ1) is 10.6. The van der Waals surface area contributed by atoms with Crippen molar-refractivity contribution in [1.82, 2.24) is 20.2 Å². The summed E-state index contributed by atoms with van der Waals surface area (Å²) in [6, 6.07) is 13.1. The number of aromatic hydroxyl groups is 1. The Hall–Kier alpha value is -3.22. The van der Waals surface area contributed by atoms with Crippen LogP contribution in [0.3, 0.4) is 0 Å². The largest absolute Gasteiger partial charge is 0.508 e. The van der Waals surface area contributed by atoms with Crippen LogP contribution in [-0.2, 0) is 6.54 Å². The Labute approximate surface area is 125 Å². The van der Waals surface area contributed by atoms with E-state index in [0.717, 1.165) is 11.1 Å². The smallest absolute Gasteiger partial charge is 0.335 e. The molecule has 1 aromatic heterocycles. The number of rotatable bonds is 4. The molecule has 0 spiro atoms. The average molecular weight is 296 g/mol. The van der Waals surface area contributed by atoms with Gasteiger partial charge in [0.05, 0.1) is 12.1 Å². The molecule has 0 radical (unpaired) electrons. The molecule has 0 fully saturated rings. The van der Waals surface area contributed by atoms with Crippen LogP contribution < -0.4 is 0 Å². The maximum atomic E-state index is 10.8. The first-order valence-electron chi connectivity index (χ1n) is 6.51. The van der Waals surface area contributed by atoms with Gasteiger partial charge in [0, 0.05) is 5.56 Å². The van der Waals surface area contributed by atoms with Crippen LogP contribution in [0.15, 0.2) is 48.5 Å². The van der Waals surface area contributed by atoms with Crippen molar-refractivity contribution < 1.29 is 15.0 Å². The zero-order chi connectivity index (χ0) is 15.5. The van der Waals surface area contributed by atoms with Crippen molar-refractivity contribution in [2.75, 3.05) is 0 Å². The lowest BCUT2D eigenvalue weighted by molar-refractivity contribution is 0.0697. The lowest BCUT2D eigenvalue weighted by Gasteiger charge is -2.05. The van der Waals surface area contributed by atoms with Crippen molar-refractivity contribution in [2.24, 2.45) is 0 Å². The number of aromatic carboxylic acids is 1. The number of phenols is 1. The van der Waals surface area contributed by atoms with Crippen molar-refractivity contribution in [3.63, 3.8) is 0 Å². The minimum absolute atomic E-state index is 0.173. The number of phenolic OH excluding ortho intramolecular Hbond substituents is 1. The molecule has 0 aliphatic heterocycles. The van der Waals surface area contributed by atoms with Crippen LogP contribution in [0.2, 0.25) is 0 Å². The molecule has 22 heavy (non-hydrogen) atoms. The van der Waals surface area contributed by atoms with Crippen molar-refractivity contribution in [2.45, 2.75) is 6.54 Å². The summed E-state index contributed by atoms with van der Waals surface area (Å²) in [5, 5.41) is 29.8. The molecule has 7 heteroatoms. The Morgan fingerprint density at radius 3 is 2.36 bits per heavy atom. The maximum Gasteiger partial charge on any atom is 0.335 e. The van der Waals surface area contributed by atoms with E-state index in [1.807, 2.05) is 0 Å². The van der Waals surface area contributed by atoms with Crippen LogP contribution in [0.25, 0.3) is 11.4 Å². The summed E-state index contributed by atoms with van der Waals surface area (Å²) in [6.45, 7) is 0.420. The van der Waals surface area contributed by atoms with Gasteiger partial charge >= 0.3 is 5.97 Å². The van der Waals surface area contributed by atoms with E-state index in [2.05, 4.69) is 15.5 Å². The summed E-state index contributed by atoms with van der Waals surface area (Å²) in [7, 11) is 0. The highest BCUT2D eigenvalue weighted by Crippen LogP contribution is 2.19. The number of carboxylic acids is 1. The molecule has 0 amide bonds. The molecule has 0 aliphatic rings. The molecule has 0 atom stereocenters. The van der Waals surface area contributed by atoms with Crippen molar-refractivity contribution in [3.8, 4) is 17.1 Å². The molecule has 3 rings (SSSR count). The molecule has 1 heterocycles. The summed E-state index contributed by atoms with van der Waals surface area (Å²) >= 11 is 0. The summed E-state index contributed by atoms with van der Waals surface area (Å²) in [5.41, 5.74) is 1.90. The van der Waals surface area contributed by atoms with Crippen molar-refractivity contribution in [1.29, 1.82) is 0 Å². The number of nitrogens with zero attached hydrogens (tertiary/aromatic N) is 4. The molecule has 0 unspecified atom stereocenters. The first kappa shape index (κ1) is 13.7. The van der Waals surface area contributed by atoms with Crippen LogP contribution in [-0.4, -0.2) is 36.4 Å². The van der Waals surface area contributed by atoms with Crippen LogP contribution >= 0.6 is 0 Å². The number of hydrogen-bond acceptors (Lipinski definition) is 5. The normalized spacial score (nSPS) is 10.5. The highest BCUT2D eigenvalue weighted by atomic mass is 16.4. The topological polar surface area (TPSA) is 101 Å². The third-order valence-corrected chi connectivity index (χ3v) is 3.19. The van der Waals surface area contributed by atoms with E-state index in [1.54, 1.807) is 53.2 Å². The molecule has 0 aliphatic carbocycles. The van der Waals surface area contributed by atoms with Gasteiger partial charge in [0.1, 0.15) is 5.75 Å². The molecule has 0 saturated carbocycles. The molecule has 110 valence electrons. The molecular formula is C15H12N4O3. The molecule has 2 N–H and O–H groups in total. The molecule has 2 aromatic carbocycles. The maximum absolute atomic E-state index is 10.8. The van der Waals surface area contributed by atoms with E-state index in [1.165, 1.54) is 0 Å². The number of benzene rings is 2. The Morgan fingerprint density at radius 2 is 1.73 bits per heavy atom. The van der Waals surface area contributed by atoms with Gasteiger partial charge in [-0.1, -0.05) is 12.1 Å². The van der Waals surface area contributed by atoms with Gasteiger partial charge in [-0.15, -0.1) is 5.10 Å². The highest BCUT2D eigenvalue weighted by molar-refractivity contribution is 5.87. The first-order valence-corrected chi connectivity index (χ1v) is 6.51. The van der Waals surface area contributed by atoms with Gasteiger partial charge in [-0.25, -0.2) is 9.48 Å². The summed E-state index contributed by atoms with van der Waals surface area (Å²) in [6.07, 6.45) is 0. The predicted octanol–water partition coefficient (Wildman–Crippen LogP) is 1.79. The lowest BCUT2D eigenvalue weighted by Crippen LogP contribution is -2.05. The van der Waals surface area contributed by atoms with Crippen LogP contribution in [0.1, 0.15) is 15.9 Å². The third kappa shape index (κ3) is 2.78. The highest BCUT2D eigenvalue weighted by Gasteiger charge is 2.10. The Balaban J connectivity index is 1.86. The second-order valence-corrected chi connectivity index (χ2v) is 4.71. The molecule has 0 saturated heterocycles. The van der Waals surface area contributed by atoms with E-state index in [9.17, 15) is 9.90 Å². The lowest BCUT2D eigenvalue weighted by atomic mass is 10.1. The van der Waals surface area contributed by atoms with Crippen LogP contribution in [0.4, 0.5) is 0 Å². The number of tetrazole rings is 1. The second kappa shape index (κ2) is 5.65. The van der Waals surface area contributed by atoms with Gasteiger partial charge in [0.15, 0.2) is 5.82 Å². The summed E-state index contributed by atoms with van der Waals surface area (Å²) < 4.78 is 1.61. The molecular weight excluding hydrogens is 284 g/mol. The number of hydrogen-bond donors (Lipinski definition) is 2. The minimum atomic E-state index is -0.959. The van der Waals surface area contributed by atoms with Gasteiger partial charge in [-0.05, 0) is 52.4 Å². The predicted molar refractivity (Wildman–Crippen MR) is 77.4 cm³/mol. The van der Waals surface area contributed by atoms with E-state index in [-0.39, 0.29) is 11.3 Å². The fourth-order valence-electron chi connectivity index (χ4n) is 2.05. The van der Waals surface area contributed by atoms with Crippen molar-refractivity contribution in [3.05, 3.63) is 59.7 Å². The standard InChI is InChI=1S/C15H12N4O3/c20-13-7-5-11(6-8-13)14-16-17-18-19(14)9-10-1-3-12(4-2-10)15(21)22/h1-8,20H,9H2,(H,21,22). The van der Waals surface area contributed by atoms with Crippen LogP contribution in [0.5, 0.6) is 5.75 Å². The average Bonchev–Trinajstić information content (AvgIpc) is 2.97. The minimum Gasteiger partial charge on any atom is -0.508 e. The van der Waals surface area contributed by atoms with Gasteiger partial charge in [0.25, 0.3) is 0 Å². The van der Waals surface area contributed by atoms with E-state index in [4.69, 9.17) is 5.11 Å². The Kier molecular flexibility index (Phi) is 3.53. The quantitative estimate of drug-likeness (QED) is 0.761. The fraction of sp³-hybridized carbons (Fsp3) is 0.0667. The van der Waals surface area contributed by atoms with E-state index >= 15 is 0 Å². The van der Waals surface area contributed by atoms with Gasteiger partial charge in [-0.3, -0.25) is 0 Å². The Bertz CT molecular complexity index is 794. The van der Waals surface area contributed by atoms with Gasteiger partial charge in [-0.2, -0.15) is 0 Å². The summed E-state index contributed by atoms with van der Waals surface area (Å²) in [5.74, 6) is -0.215. The summed E-state index contributed by atoms with van der Waals surface area (Å²) in [4.78, 5) is 10.8. The van der Waals surface area contributed by atoms with Crippen molar-refractivity contribution >= 4 is 5.97 Å². The van der Waals surface area contributed by atoms with Gasteiger partial charge in [0.2, 0.25) is 0 Å². The zero-order valence-corrected chi connectivity index (χ0v) is 11.4. The molecule has 7 nitrogen and oxygen atoms in total. The SMILES string of the molecule is O=C(O)c1ccc(Cn2nnnc2-c2ccc(O)cc2)cc1. The van der Waals surface area contributed by atoms with E-state index < -0.39 is 5.97 Å². The van der Waals surface area contributed by atoms with Gasteiger partial charge < -0.3 is 10.2 Å². The van der Waals surface area contributed by atoms with Crippen LogP contribution in [0, 0.1) is 0 Å². The third-order valence-electron chi connectivity index (χ3n) is 3.19. The zero-order valence-electron chi connectivity index (χ0n) is 11.4. The number of carboxylic acid groups (broad SMARTS) is 1. The molecule has 0 bridgehead atoms. The second-order valence-electron chi connectivity index (χ2n) is 4.71. The number of carbonyl (C=O) groups is 1. The number of aromatic nitrogens is 4. The fourth-order valence-corrected chi connectivity index (χ4v) is 2.05. The van der Waals surface area contributed by atoms with E-state index in [0.29, 0.717) is 12.4 Å². The molecule has 3 aromatic rings. The Morgan fingerprint density at radius 1 is 1.05 bits per heavy atom.